The largest absolute Gasteiger partial charge is 0.494 e. The molecule has 0 atom stereocenters. The molecule has 3 N–H and O–H groups in total. The van der Waals surface area contributed by atoms with Gasteiger partial charge in [0.25, 0.3) is 5.91 Å². The van der Waals surface area contributed by atoms with Crippen molar-refractivity contribution in [2.24, 2.45) is 0 Å². The maximum atomic E-state index is 12.4. The quantitative estimate of drug-likeness (QED) is 0.641. The molecule has 128 valence electrons. The molecule has 1 heterocycles. The van der Waals surface area contributed by atoms with Gasteiger partial charge in [0.05, 0.1) is 23.0 Å². The van der Waals surface area contributed by atoms with E-state index in [9.17, 15) is 4.79 Å². The highest BCUT2D eigenvalue weighted by Crippen LogP contribution is 2.30. The summed E-state index contributed by atoms with van der Waals surface area (Å²) < 4.78 is 11.0. The van der Waals surface area contributed by atoms with Crippen LogP contribution in [-0.4, -0.2) is 12.5 Å². The lowest BCUT2D eigenvalue weighted by atomic mass is 10.2. The minimum atomic E-state index is -0.394. The predicted octanol–water partition coefficient (Wildman–Crippen LogP) is 4.83. The second-order valence-corrected chi connectivity index (χ2v) is 5.69. The first-order chi connectivity index (χ1) is 12.1. The normalized spacial score (nSPS) is 10.5. The van der Waals surface area contributed by atoms with Gasteiger partial charge in [0, 0.05) is 11.6 Å². The van der Waals surface area contributed by atoms with Crippen molar-refractivity contribution in [1.82, 2.24) is 0 Å². The monoisotopic (exact) mass is 356 g/mol. The summed E-state index contributed by atoms with van der Waals surface area (Å²) in [4.78, 5) is 12.4. The Morgan fingerprint density at radius 2 is 2.00 bits per heavy atom. The predicted molar refractivity (Wildman–Crippen MR) is 99.1 cm³/mol. The van der Waals surface area contributed by atoms with Crippen LogP contribution in [0.4, 0.5) is 11.4 Å². The second-order valence-electron chi connectivity index (χ2n) is 5.28. The van der Waals surface area contributed by atoms with E-state index in [1.807, 2.05) is 25.1 Å². The van der Waals surface area contributed by atoms with Gasteiger partial charge in [-0.25, -0.2) is 0 Å². The van der Waals surface area contributed by atoms with Crippen LogP contribution >= 0.6 is 11.6 Å². The molecule has 0 aliphatic carbocycles. The molecule has 25 heavy (non-hydrogen) atoms. The second kappa shape index (κ2) is 7.32. The fourth-order valence-electron chi connectivity index (χ4n) is 2.36. The van der Waals surface area contributed by atoms with Crippen LogP contribution in [0.1, 0.15) is 17.5 Å². The number of amides is 1. The van der Waals surface area contributed by atoms with Gasteiger partial charge in [0.1, 0.15) is 11.5 Å². The van der Waals surface area contributed by atoms with Crippen molar-refractivity contribution in [3.8, 4) is 17.1 Å². The Hall–Kier alpha value is -2.92. The summed E-state index contributed by atoms with van der Waals surface area (Å²) in [6.45, 7) is 2.43. The molecule has 1 aromatic heterocycles. The van der Waals surface area contributed by atoms with Crippen LogP contribution in [0.3, 0.4) is 0 Å². The van der Waals surface area contributed by atoms with Crippen LogP contribution in [0.25, 0.3) is 11.3 Å². The molecule has 0 spiro atoms. The van der Waals surface area contributed by atoms with Gasteiger partial charge in [-0.15, -0.1) is 0 Å². The number of nitrogen functional groups attached to an aromatic ring is 1. The van der Waals surface area contributed by atoms with Crippen molar-refractivity contribution < 1.29 is 13.9 Å². The number of anilines is 2. The first-order valence-electron chi connectivity index (χ1n) is 7.77. The number of carbonyl (C=O) groups is 1. The average molecular weight is 357 g/mol. The molecule has 2 aromatic carbocycles. The lowest BCUT2D eigenvalue weighted by Crippen LogP contribution is -2.12. The Balaban J connectivity index is 1.77. The van der Waals surface area contributed by atoms with E-state index in [0.717, 1.165) is 5.56 Å². The van der Waals surface area contributed by atoms with Crippen molar-refractivity contribution in [1.29, 1.82) is 0 Å². The number of hydrogen-bond donors (Lipinski definition) is 2. The molecule has 3 aromatic rings. The van der Waals surface area contributed by atoms with E-state index in [4.69, 9.17) is 26.5 Å². The molecule has 0 bridgehead atoms. The van der Waals surface area contributed by atoms with Crippen LogP contribution in [0.2, 0.25) is 5.02 Å². The van der Waals surface area contributed by atoms with E-state index in [0.29, 0.717) is 34.5 Å². The van der Waals surface area contributed by atoms with Gasteiger partial charge in [0.2, 0.25) is 0 Å². The first-order valence-corrected chi connectivity index (χ1v) is 8.14. The molecule has 5 nitrogen and oxygen atoms in total. The maximum Gasteiger partial charge on any atom is 0.291 e. The molecule has 0 fully saturated rings. The van der Waals surface area contributed by atoms with Gasteiger partial charge in [0.15, 0.2) is 5.76 Å². The number of halogens is 1. The Morgan fingerprint density at radius 1 is 1.20 bits per heavy atom. The van der Waals surface area contributed by atoms with Crippen LogP contribution in [0, 0.1) is 0 Å². The van der Waals surface area contributed by atoms with Gasteiger partial charge in [-0.05, 0) is 43.3 Å². The Bertz CT molecular complexity index is 905. The van der Waals surface area contributed by atoms with Gasteiger partial charge in [-0.2, -0.15) is 0 Å². The van der Waals surface area contributed by atoms with Crippen molar-refractivity contribution in [2.45, 2.75) is 6.92 Å². The van der Waals surface area contributed by atoms with Crippen molar-refractivity contribution in [3.05, 3.63) is 65.4 Å². The minimum absolute atomic E-state index is 0.170. The molecule has 0 radical (unpaired) electrons. The highest BCUT2D eigenvalue weighted by molar-refractivity contribution is 6.33. The van der Waals surface area contributed by atoms with Gasteiger partial charge in [-0.3, -0.25) is 4.79 Å². The standard InChI is InChI=1S/C19H17ClN2O3/c1-2-24-12-7-8-16(15(21)11-12)22-19(23)18-10-9-17(25-18)13-5-3-4-6-14(13)20/h3-11H,2,21H2,1H3,(H,22,23). The summed E-state index contributed by atoms with van der Waals surface area (Å²) in [5.41, 5.74) is 7.58. The molecule has 0 aliphatic heterocycles. The third kappa shape index (κ3) is 3.78. The minimum Gasteiger partial charge on any atom is -0.494 e. The molecule has 0 saturated carbocycles. The van der Waals surface area contributed by atoms with Crippen LogP contribution in [0.5, 0.6) is 5.75 Å². The smallest absolute Gasteiger partial charge is 0.291 e. The van der Waals surface area contributed by atoms with E-state index in [2.05, 4.69) is 5.32 Å². The fraction of sp³-hybridized carbons (Fsp3) is 0.105. The highest BCUT2D eigenvalue weighted by Gasteiger charge is 2.15. The summed E-state index contributed by atoms with van der Waals surface area (Å²) in [6.07, 6.45) is 0. The number of benzene rings is 2. The summed E-state index contributed by atoms with van der Waals surface area (Å²) in [5.74, 6) is 0.949. The molecule has 0 aliphatic rings. The molecule has 0 unspecified atom stereocenters. The molecular weight excluding hydrogens is 340 g/mol. The number of carbonyl (C=O) groups excluding carboxylic acids is 1. The zero-order valence-electron chi connectivity index (χ0n) is 13.6. The summed E-state index contributed by atoms with van der Waals surface area (Å²) in [7, 11) is 0. The fourth-order valence-corrected chi connectivity index (χ4v) is 2.59. The Labute approximate surface area is 150 Å². The first kappa shape index (κ1) is 16.9. The van der Waals surface area contributed by atoms with Gasteiger partial charge >= 0.3 is 0 Å². The van der Waals surface area contributed by atoms with Gasteiger partial charge < -0.3 is 20.2 Å². The van der Waals surface area contributed by atoms with Crippen molar-refractivity contribution >= 4 is 28.9 Å². The lowest BCUT2D eigenvalue weighted by molar-refractivity contribution is 0.0997. The number of ether oxygens (including phenoxy) is 1. The summed E-state index contributed by atoms with van der Waals surface area (Å²) >= 11 is 6.15. The number of nitrogens with one attached hydrogen (secondary N) is 1. The number of furan rings is 1. The number of hydrogen-bond acceptors (Lipinski definition) is 4. The SMILES string of the molecule is CCOc1ccc(NC(=O)c2ccc(-c3ccccc3Cl)o2)c(N)c1. The topological polar surface area (TPSA) is 77.5 Å². The Morgan fingerprint density at radius 3 is 2.72 bits per heavy atom. The van der Waals surface area contributed by atoms with E-state index in [-0.39, 0.29) is 5.76 Å². The zero-order valence-corrected chi connectivity index (χ0v) is 14.3. The van der Waals surface area contributed by atoms with E-state index < -0.39 is 5.91 Å². The third-order valence-corrected chi connectivity index (χ3v) is 3.88. The zero-order chi connectivity index (χ0) is 17.8. The number of rotatable bonds is 5. The van der Waals surface area contributed by atoms with E-state index in [1.165, 1.54) is 0 Å². The van der Waals surface area contributed by atoms with Gasteiger partial charge in [-0.1, -0.05) is 23.7 Å². The van der Waals surface area contributed by atoms with Crippen molar-refractivity contribution in [3.63, 3.8) is 0 Å². The van der Waals surface area contributed by atoms with Crippen molar-refractivity contribution in [2.75, 3.05) is 17.7 Å². The summed E-state index contributed by atoms with van der Waals surface area (Å²) in [5, 5.41) is 3.28. The summed E-state index contributed by atoms with van der Waals surface area (Å²) in [6, 6.07) is 15.7. The maximum absolute atomic E-state index is 12.4. The third-order valence-electron chi connectivity index (χ3n) is 3.55. The van der Waals surface area contributed by atoms with E-state index in [1.54, 1.807) is 36.4 Å². The number of nitrogens with two attached hydrogens (primary N) is 1. The molecule has 0 saturated heterocycles. The van der Waals surface area contributed by atoms with Crippen LogP contribution in [-0.2, 0) is 0 Å². The molecule has 3 rings (SSSR count). The average Bonchev–Trinajstić information content (AvgIpc) is 3.08. The molecule has 1 amide bonds. The van der Waals surface area contributed by atoms with Crippen LogP contribution < -0.4 is 15.8 Å². The lowest BCUT2D eigenvalue weighted by Gasteiger charge is -2.09. The Kier molecular flexibility index (Phi) is 4.95. The molecule has 6 heteroatoms. The van der Waals surface area contributed by atoms with E-state index >= 15 is 0 Å². The molecular formula is C19H17ClN2O3. The highest BCUT2D eigenvalue weighted by atomic mass is 35.5. The van der Waals surface area contributed by atoms with Crippen LogP contribution in [0.15, 0.2) is 59.0 Å².